The number of piperazine rings is 1. The van der Waals surface area contributed by atoms with Crippen molar-refractivity contribution in [1.29, 1.82) is 0 Å². The summed E-state index contributed by atoms with van der Waals surface area (Å²) in [6.45, 7) is 5.10. The van der Waals surface area contributed by atoms with Gasteiger partial charge in [0.2, 0.25) is 11.8 Å². The highest BCUT2D eigenvalue weighted by atomic mass is 16.2. The highest BCUT2D eigenvalue weighted by Gasteiger charge is 2.47. The zero-order valence-electron chi connectivity index (χ0n) is 17.5. The molecule has 1 aromatic heterocycles. The molecule has 5 rings (SSSR count). The maximum absolute atomic E-state index is 13.5. The fourth-order valence-electron chi connectivity index (χ4n) is 4.91. The van der Waals surface area contributed by atoms with E-state index in [0.717, 1.165) is 34.1 Å². The van der Waals surface area contributed by atoms with E-state index in [1.54, 1.807) is 4.90 Å². The Morgan fingerprint density at radius 2 is 1.77 bits per heavy atom. The van der Waals surface area contributed by atoms with Crippen molar-refractivity contribution in [3.8, 4) is 0 Å². The topological polar surface area (TPSA) is 56.4 Å². The van der Waals surface area contributed by atoms with Crippen LogP contribution < -0.4 is 0 Å². The van der Waals surface area contributed by atoms with Gasteiger partial charge in [-0.2, -0.15) is 0 Å². The van der Waals surface area contributed by atoms with Crippen LogP contribution in [0.15, 0.2) is 54.6 Å². The summed E-state index contributed by atoms with van der Waals surface area (Å²) in [5, 5.41) is 1.15. The molecule has 0 aliphatic carbocycles. The van der Waals surface area contributed by atoms with Crippen LogP contribution in [0.4, 0.5) is 0 Å². The number of nitrogens with zero attached hydrogens (tertiary/aromatic N) is 2. The Labute approximate surface area is 176 Å². The molecule has 0 radical (unpaired) electrons. The molecule has 0 bridgehead atoms. The lowest BCUT2D eigenvalue weighted by Gasteiger charge is -2.47. The van der Waals surface area contributed by atoms with Crippen molar-refractivity contribution in [2.24, 2.45) is 5.92 Å². The Morgan fingerprint density at radius 3 is 2.53 bits per heavy atom. The van der Waals surface area contributed by atoms with Crippen LogP contribution in [0.5, 0.6) is 0 Å². The lowest BCUT2D eigenvalue weighted by atomic mass is 9.86. The lowest BCUT2D eigenvalue weighted by molar-refractivity contribution is -0.158. The molecule has 0 saturated carbocycles. The van der Waals surface area contributed by atoms with Crippen LogP contribution in [0.25, 0.3) is 10.9 Å². The second kappa shape index (κ2) is 7.31. The van der Waals surface area contributed by atoms with E-state index in [9.17, 15) is 9.59 Å². The summed E-state index contributed by atoms with van der Waals surface area (Å²) in [4.78, 5) is 34.0. The van der Waals surface area contributed by atoms with Crippen LogP contribution in [-0.2, 0) is 16.0 Å². The van der Waals surface area contributed by atoms with Gasteiger partial charge in [-0.3, -0.25) is 9.59 Å². The van der Waals surface area contributed by atoms with Crippen molar-refractivity contribution in [3.05, 3.63) is 71.4 Å². The van der Waals surface area contributed by atoms with Crippen LogP contribution in [0.3, 0.4) is 0 Å². The molecule has 5 heteroatoms. The number of aromatic nitrogens is 1. The van der Waals surface area contributed by atoms with Gasteiger partial charge in [-0.15, -0.1) is 0 Å². The molecule has 2 aliphatic heterocycles. The molecule has 2 amide bonds. The first kappa shape index (κ1) is 18.9. The average Bonchev–Trinajstić information content (AvgIpc) is 3.12. The molecule has 2 aliphatic rings. The van der Waals surface area contributed by atoms with Crippen LogP contribution in [0.1, 0.15) is 43.1 Å². The maximum Gasteiger partial charge on any atom is 0.246 e. The van der Waals surface area contributed by atoms with Crippen molar-refractivity contribution < 1.29 is 9.59 Å². The molecular formula is C25H27N3O2. The van der Waals surface area contributed by atoms with Crippen molar-refractivity contribution in [1.82, 2.24) is 14.8 Å². The quantitative estimate of drug-likeness (QED) is 0.721. The molecule has 1 fully saturated rings. The summed E-state index contributed by atoms with van der Waals surface area (Å²) in [5.74, 6) is 0.600. The van der Waals surface area contributed by atoms with Gasteiger partial charge in [0.25, 0.3) is 0 Å². The molecule has 2 atom stereocenters. The number of carbonyl (C=O) groups excluding carboxylic acids is 2. The van der Waals surface area contributed by atoms with Crippen molar-refractivity contribution in [2.45, 2.75) is 38.8 Å². The number of aromatic amines is 1. The van der Waals surface area contributed by atoms with Gasteiger partial charge < -0.3 is 14.8 Å². The molecule has 154 valence electrons. The van der Waals surface area contributed by atoms with Crippen LogP contribution in [-0.4, -0.2) is 45.7 Å². The predicted octanol–water partition coefficient (Wildman–Crippen LogP) is 3.90. The number of carbonyl (C=O) groups is 2. The average molecular weight is 402 g/mol. The normalized spacial score (nSPS) is 21.3. The Hall–Kier alpha value is -3.08. The zero-order chi connectivity index (χ0) is 20.8. The number of fused-ring (bicyclic) bond motifs is 4. The number of H-pyrrole nitrogens is 1. The third kappa shape index (κ3) is 3.00. The smallest absolute Gasteiger partial charge is 0.246 e. The number of hydrogen-bond donors (Lipinski definition) is 1. The Morgan fingerprint density at radius 1 is 1.03 bits per heavy atom. The first-order valence-electron chi connectivity index (χ1n) is 10.8. The number of nitrogens with one attached hydrogen (secondary N) is 1. The molecular weight excluding hydrogens is 374 g/mol. The van der Waals surface area contributed by atoms with E-state index in [1.807, 2.05) is 47.4 Å². The van der Waals surface area contributed by atoms with Gasteiger partial charge in [-0.1, -0.05) is 62.4 Å². The monoisotopic (exact) mass is 401 g/mol. The summed E-state index contributed by atoms with van der Waals surface area (Å²) >= 11 is 0. The van der Waals surface area contributed by atoms with Crippen molar-refractivity contribution in [2.75, 3.05) is 13.1 Å². The van der Waals surface area contributed by atoms with E-state index in [-0.39, 0.29) is 24.4 Å². The van der Waals surface area contributed by atoms with E-state index >= 15 is 0 Å². The number of amides is 2. The molecule has 1 unspecified atom stereocenters. The third-order valence-corrected chi connectivity index (χ3v) is 6.43. The predicted molar refractivity (Wildman–Crippen MR) is 117 cm³/mol. The fourth-order valence-corrected chi connectivity index (χ4v) is 4.91. The first-order valence-corrected chi connectivity index (χ1v) is 10.8. The highest BCUT2D eigenvalue weighted by molar-refractivity contribution is 5.97. The van der Waals surface area contributed by atoms with E-state index in [1.165, 1.54) is 0 Å². The number of rotatable bonds is 4. The minimum atomic E-state index is -0.449. The van der Waals surface area contributed by atoms with E-state index in [2.05, 4.69) is 31.0 Å². The van der Waals surface area contributed by atoms with Gasteiger partial charge in [0.1, 0.15) is 6.04 Å². The molecule has 3 aromatic rings. The van der Waals surface area contributed by atoms with Gasteiger partial charge in [0, 0.05) is 29.6 Å². The number of para-hydroxylation sites is 1. The Kier molecular flexibility index (Phi) is 4.61. The van der Waals surface area contributed by atoms with E-state index in [0.29, 0.717) is 18.9 Å². The zero-order valence-corrected chi connectivity index (χ0v) is 17.5. The molecule has 1 saturated heterocycles. The fraction of sp³-hybridized carbons (Fsp3) is 0.360. The summed E-state index contributed by atoms with van der Waals surface area (Å²) < 4.78 is 0. The maximum atomic E-state index is 13.5. The molecule has 3 heterocycles. The molecule has 2 aromatic carbocycles. The van der Waals surface area contributed by atoms with Crippen LogP contribution >= 0.6 is 0 Å². The molecule has 30 heavy (non-hydrogen) atoms. The second-order valence-corrected chi connectivity index (χ2v) is 8.84. The second-order valence-electron chi connectivity index (χ2n) is 8.84. The summed E-state index contributed by atoms with van der Waals surface area (Å²) in [5.41, 5.74) is 4.29. The minimum absolute atomic E-state index is 0.0292. The largest absolute Gasteiger partial charge is 0.356 e. The number of benzene rings is 2. The van der Waals surface area contributed by atoms with Gasteiger partial charge in [-0.05, 0) is 29.5 Å². The highest BCUT2D eigenvalue weighted by Crippen LogP contribution is 2.42. The Balaban J connectivity index is 1.63. The van der Waals surface area contributed by atoms with Crippen molar-refractivity contribution in [3.63, 3.8) is 0 Å². The SMILES string of the molecule is CC(C)CCN1CC(=O)N2C(c3ccccc3)c3[nH]c4ccccc4c3C[C@@H]2C1=O. The van der Waals surface area contributed by atoms with E-state index < -0.39 is 6.04 Å². The van der Waals surface area contributed by atoms with Crippen molar-refractivity contribution >= 4 is 22.7 Å². The first-order chi connectivity index (χ1) is 14.5. The van der Waals surface area contributed by atoms with Gasteiger partial charge in [0.05, 0.1) is 12.6 Å². The third-order valence-electron chi connectivity index (χ3n) is 6.43. The lowest BCUT2D eigenvalue weighted by Crippen LogP contribution is -2.63. The van der Waals surface area contributed by atoms with Crippen LogP contribution in [0.2, 0.25) is 0 Å². The standard InChI is InChI=1S/C25H27N3O2/c1-16(2)12-13-27-15-22(29)28-21(25(27)30)14-19-18-10-6-7-11-20(18)26-23(19)24(28)17-8-4-3-5-9-17/h3-11,16,21,24,26H,12-15H2,1-2H3/t21-,24?/m1/s1. The number of hydrogen-bond acceptors (Lipinski definition) is 2. The van der Waals surface area contributed by atoms with Gasteiger partial charge in [-0.25, -0.2) is 0 Å². The summed E-state index contributed by atoms with van der Waals surface area (Å²) in [7, 11) is 0. The van der Waals surface area contributed by atoms with Gasteiger partial charge in [0.15, 0.2) is 0 Å². The summed E-state index contributed by atoms with van der Waals surface area (Å²) in [6, 6.07) is 17.6. The molecule has 1 N–H and O–H groups in total. The van der Waals surface area contributed by atoms with Crippen LogP contribution in [0, 0.1) is 5.92 Å². The Bertz CT molecular complexity index is 1100. The minimum Gasteiger partial charge on any atom is -0.356 e. The van der Waals surface area contributed by atoms with Gasteiger partial charge >= 0.3 is 0 Å². The summed E-state index contributed by atoms with van der Waals surface area (Å²) in [6.07, 6.45) is 1.47. The molecule has 0 spiro atoms. The van der Waals surface area contributed by atoms with E-state index in [4.69, 9.17) is 0 Å². The molecule has 5 nitrogen and oxygen atoms in total.